The van der Waals surface area contributed by atoms with Crippen LogP contribution in [-0.2, 0) is 6.54 Å². The third-order valence-corrected chi connectivity index (χ3v) is 5.08. The lowest BCUT2D eigenvalue weighted by molar-refractivity contribution is -0.385. The monoisotopic (exact) mass is 368 g/mol. The number of benzene rings is 1. The molecule has 27 heavy (non-hydrogen) atoms. The number of hydrogen-bond acceptors (Lipinski definition) is 5. The Bertz CT molecular complexity index is 802. The number of hydrogen-bond donors (Lipinski definition) is 1. The molecule has 1 amide bonds. The summed E-state index contributed by atoms with van der Waals surface area (Å²) in [6, 6.07) is 8.67. The molecule has 0 unspecified atom stereocenters. The Kier molecular flexibility index (Phi) is 6.13. The molecule has 1 aliphatic rings. The first kappa shape index (κ1) is 19.0. The van der Waals surface area contributed by atoms with Crippen LogP contribution in [0.1, 0.15) is 34.3 Å². The van der Waals surface area contributed by atoms with E-state index in [1.54, 1.807) is 19.1 Å². The zero-order valence-electron chi connectivity index (χ0n) is 15.4. The largest absolute Gasteiger partial charge is 0.352 e. The van der Waals surface area contributed by atoms with Crippen molar-refractivity contribution >= 4 is 11.6 Å². The maximum absolute atomic E-state index is 12.3. The van der Waals surface area contributed by atoms with Gasteiger partial charge in [-0.05, 0) is 62.5 Å². The highest BCUT2D eigenvalue weighted by Crippen LogP contribution is 2.20. The summed E-state index contributed by atoms with van der Waals surface area (Å²) in [5, 5.41) is 14.0. The standard InChI is InChI=1S/C20H24N4O3/c1-15-2-3-18(12-19(15)24(26)27)20(25)22-13-16-6-10-23(11-7-16)14-17-4-8-21-9-5-17/h2-5,8-9,12,16H,6-7,10-11,13-14H2,1H3,(H,22,25). The number of nitro benzene ring substituents is 1. The first-order valence-electron chi connectivity index (χ1n) is 9.17. The summed E-state index contributed by atoms with van der Waals surface area (Å²) in [5.41, 5.74) is 2.13. The Morgan fingerprint density at radius 3 is 2.63 bits per heavy atom. The molecule has 1 aliphatic heterocycles. The first-order valence-corrected chi connectivity index (χ1v) is 9.17. The molecule has 142 valence electrons. The second-order valence-electron chi connectivity index (χ2n) is 7.04. The Balaban J connectivity index is 1.46. The van der Waals surface area contributed by atoms with Gasteiger partial charge in [-0.25, -0.2) is 0 Å². The molecular weight excluding hydrogens is 344 g/mol. The summed E-state index contributed by atoms with van der Waals surface area (Å²) in [7, 11) is 0. The molecule has 1 aromatic carbocycles. The molecule has 2 aromatic rings. The molecule has 1 saturated heterocycles. The van der Waals surface area contributed by atoms with E-state index in [2.05, 4.69) is 15.2 Å². The number of nitrogens with one attached hydrogen (secondary N) is 1. The molecule has 1 fully saturated rings. The summed E-state index contributed by atoms with van der Waals surface area (Å²) in [5.74, 6) is 0.181. The highest BCUT2D eigenvalue weighted by molar-refractivity contribution is 5.94. The van der Waals surface area contributed by atoms with E-state index < -0.39 is 4.92 Å². The summed E-state index contributed by atoms with van der Waals surface area (Å²) in [4.78, 5) is 29.4. The molecule has 0 atom stereocenters. The van der Waals surface area contributed by atoms with E-state index in [1.165, 1.54) is 11.6 Å². The van der Waals surface area contributed by atoms with E-state index in [-0.39, 0.29) is 11.6 Å². The number of rotatable bonds is 6. The zero-order chi connectivity index (χ0) is 19.2. The van der Waals surface area contributed by atoms with Crippen LogP contribution in [-0.4, -0.2) is 40.3 Å². The number of piperidine rings is 1. The predicted octanol–water partition coefficient (Wildman–Crippen LogP) is 2.94. The van der Waals surface area contributed by atoms with Crippen LogP contribution in [0.25, 0.3) is 0 Å². The van der Waals surface area contributed by atoms with Crippen molar-refractivity contribution in [3.63, 3.8) is 0 Å². The molecule has 2 heterocycles. The minimum Gasteiger partial charge on any atom is -0.352 e. The summed E-state index contributed by atoms with van der Waals surface area (Å²) in [6.45, 7) is 5.19. The number of nitro groups is 1. The molecule has 0 saturated carbocycles. The Morgan fingerprint density at radius 1 is 1.26 bits per heavy atom. The van der Waals surface area contributed by atoms with Gasteiger partial charge in [-0.15, -0.1) is 0 Å². The van der Waals surface area contributed by atoms with Gasteiger partial charge < -0.3 is 5.32 Å². The van der Waals surface area contributed by atoms with Crippen molar-refractivity contribution in [1.29, 1.82) is 0 Å². The second kappa shape index (κ2) is 8.73. The molecular formula is C20H24N4O3. The fourth-order valence-electron chi connectivity index (χ4n) is 3.38. The van der Waals surface area contributed by atoms with Crippen LogP contribution < -0.4 is 5.32 Å². The van der Waals surface area contributed by atoms with Gasteiger partial charge >= 0.3 is 0 Å². The number of likely N-dealkylation sites (tertiary alicyclic amines) is 1. The van der Waals surface area contributed by atoms with Gasteiger partial charge in [-0.1, -0.05) is 6.07 Å². The van der Waals surface area contributed by atoms with Crippen LogP contribution in [0.5, 0.6) is 0 Å². The molecule has 3 rings (SSSR count). The van der Waals surface area contributed by atoms with Gasteiger partial charge in [-0.3, -0.25) is 24.8 Å². The minimum atomic E-state index is -0.454. The van der Waals surface area contributed by atoms with Crippen LogP contribution >= 0.6 is 0 Å². The number of nitrogens with zero attached hydrogens (tertiary/aromatic N) is 3. The van der Waals surface area contributed by atoms with Crippen molar-refractivity contribution in [3.8, 4) is 0 Å². The van der Waals surface area contributed by atoms with Crippen LogP contribution in [0, 0.1) is 23.0 Å². The van der Waals surface area contributed by atoms with Gasteiger partial charge in [0.05, 0.1) is 4.92 Å². The Hall–Kier alpha value is -2.80. The van der Waals surface area contributed by atoms with Crippen LogP contribution in [0.15, 0.2) is 42.7 Å². The normalized spacial score (nSPS) is 15.4. The summed E-state index contributed by atoms with van der Waals surface area (Å²) >= 11 is 0. The lowest BCUT2D eigenvalue weighted by Gasteiger charge is -2.32. The van der Waals surface area contributed by atoms with Gasteiger partial charge in [0.25, 0.3) is 11.6 Å². The fourth-order valence-corrected chi connectivity index (χ4v) is 3.38. The third-order valence-electron chi connectivity index (χ3n) is 5.08. The molecule has 1 N–H and O–H groups in total. The third kappa shape index (κ3) is 5.10. The number of carbonyl (C=O) groups is 1. The lowest BCUT2D eigenvalue weighted by Crippen LogP contribution is -2.38. The SMILES string of the molecule is Cc1ccc(C(=O)NCC2CCN(Cc3ccncc3)CC2)cc1[N+](=O)[O-]. The molecule has 1 aromatic heterocycles. The highest BCUT2D eigenvalue weighted by atomic mass is 16.6. The summed E-state index contributed by atoms with van der Waals surface area (Å²) in [6.07, 6.45) is 5.68. The lowest BCUT2D eigenvalue weighted by atomic mass is 9.96. The number of carbonyl (C=O) groups excluding carboxylic acids is 1. The zero-order valence-corrected chi connectivity index (χ0v) is 15.4. The van der Waals surface area contributed by atoms with Gasteiger partial charge in [0, 0.05) is 42.7 Å². The van der Waals surface area contributed by atoms with Crippen molar-refractivity contribution in [2.75, 3.05) is 19.6 Å². The maximum Gasteiger partial charge on any atom is 0.273 e. The molecule has 0 bridgehead atoms. The van der Waals surface area contributed by atoms with Crippen molar-refractivity contribution in [2.24, 2.45) is 5.92 Å². The van der Waals surface area contributed by atoms with Crippen LogP contribution in [0.4, 0.5) is 5.69 Å². The van der Waals surface area contributed by atoms with Gasteiger partial charge in [-0.2, -0.15) is 0 Å². The maximum atomic E-state index is 12.3. The van der Waals surface area contributed by atoms with Crippen LogP contribution in [0.3, 0.4) is 0 Å². The van der Waals surface area contributed by atoms with Crippen molar-refractivity contribution in [2.45, 2.75) is 26.3 Å². The quantitative estimate of drug-likeness (QED) is 0.625. The second-order valence-corrected chi connectivity index (χ2v) is 7.04. The van der Waals surface area contributed by atoms with E-state index in [9.17, 15) is 14.9 Å². The molecule has 7 nitrogen and oxygen atoms in total. The van der Waals surface area contributed by atoms with Crippen LogP contribution in [0.2, 0.25) is 0 Å². The Labute approximate surface area is 158 Å². The number of aromatic nitrogens is 1. The highest BCUT2D eigenvalue weighted by Gasteiger charge is 2.21. The van der Waals surface area contributed by atoms with E-state index in [4.69, 9.17) is 0 Å². The number of aryl methyl sites for hydroxylation is 1. The van der Waals surface area contributed by atoms with Crippen molar-refractivity contribution in [3.05, 3.63) is 69.5 Å². The van der Waals surface area contributed by atoms with E-state index >= 15 is 0 Å². The molecule has 0 radical (unpaired) electrons. The van der Waals surface area contributed by atoms with Crippen molar-refractivity contribution in [1.82, 2.24) is 15.2 Å². The smallest absolute Gasteiger partial charge is 0.273 e. The topological polar surface area (TPSA) is 88.4 Å². The van der Waals surface area contributed by atoms with E-state index in [0.29, 0.717) is 23.6 Å². The average Bonchev–Trinajstić information content (AvgIpc) is 2.68. The number of amides is 1. The summed E-state index contributed by atoms with van der Waals surface area (Å²) < 4.78 is 0. The van der Waals surface area contributed by atoms with E-state index in [1.807, 2.05) is 24.5 Å². The first-order chi connectivity index (χ1) is 13.0. The van der Waals surface area contributed by atoms with Gasteiger partial charge in [0.1, 0.15) is 0 Å². The average molecular weight is 368 g/mol. The molecule has 7 heteroatoms. The van der Waals surface area contributed by atoms with E-state index in [0.717, 1.165) is 32.5 Å². The predicted molar refractivity (Wildman–Crippen MR) is 102 cm³/mol. The Morgan fingerprint density at radius 2 is 1.96 bits per heavy atom. The number of pyridine rings is 1. The molecule has 0 spiro atoms. The van der Waals surface area contributed by atoms with Gasteiger partial charge in [0.15, 0.2) is 0 Å². The van der Waals surface area contributed by atoms with Gasteiger partial charge in [0.2, 0.25) is 0 Å². The minimum absolute atomic E-state index is 0.0212. The fraction of sp³-hybridized carbons (Fsp3) is 0.400. The molecule has 0 aliphatic carbocycles. The van der Waals surface area contributed by atoms with Crippen molar-refractivity contribution < 1.29 is 9.72 Å².